The predicted molar refractivity (Wildman–Crippen MR) is 161 cm³/mol. The number of amides is 2. The van der Waals surface area contributed by atoms with E-state index >= 15 is 0 Å². The van der Waals surface area contributed by atoms with Gasteiger partial charge in [-0.25, -0.2) is 14.8 Å². The fourth-order valence-electron chi connectivity index (χ4n) is 4.79. The van der Waals surface area contributed by atoms with E-state index in [1.54, 1.807) is 43.5 Å². The number of methoxy groups -OCH3 is 2. The second-order valence-corrected chi connectivity index (χ2v) is 11.2. The third-order valence-electron chi connectivity index (χ3n) is 6.98. The highest BCUT2D eigenvalue weighted by atomic mass is 35.5. The van der Waals surface area contributed by atoms with Gasteiger partial charge < -0.3 is 30.3 Å². The third-order valence-corrected chi connectivity index (χ3v) is 7.24. The molecule has 1 saturated heterocycles. The van der Waals surface area contributed by atoms with Crippen LogP contribution < -0.4 is 25.4 Å². The molecule has 12 heteroatoms. The number of rotatable bonds is 5. The summed E-state index contributed by atoms with van der Waals surface area (Å²) in [5.74, 6) is 1.93. The highest BCUT2D eigenvalue weighted by Gasteiger charge is 2.27. The van der Waals surface area contributed by atoms with E-state index in [0.29, 0.717) is 71.1 Å². The molecule has 0 saturated carbocycles. The van der Waals surface area contributed by atoms with Gasteiger partial charge in [-0.3, -0.25) is 0 Å². The van der Waals surface area contributed by atoms with E-state index in [1.165, 1.54) is 0 Å². The van der Waals surface area contributed by atoms with Gasteiger partial charge in [0, 0.05) is 48.4 Å². The molecule has 1 fully saturated rings. The number of carbonyl (C=O) groups is 1. The number of hydrogen-bond donors (Lipinski definition) is 2. The quantitative estimate of drug-likeness (QED) is 0.337. The first kappa shape index (κ1) is 28.2. The highest BCUT2D eigenvalue weighted by molar-refractivity contribution is 6.30. The van der Waals surface area contributed by atoms with Crippen LogP contribution in [0.25, 0.3) is 22.4 Å². The summed E-state index contributed by atoms with van der Waals surface area (Å²) in [6, 6.07) is 10.9. The summed E-state index contributed by atoms with van der Waals surface area (Å²) in [5.41, 5.74) is 9.88. The van der Waals surface area contributed by atoms with E-state index < -0.39 is 0 Å². The topological polar surface area (TPSA) is 132 Å². The Bertz CT molecular complexity index is 1580. The van der Waals surface area contributed by atoms with Gasteiger partial charge in [-0.2, -0.15) is 9.97 Å². The highest BCUT2D eigenvalue weighted by Crippen LogP contribution is 2.39. The van der Waals surface area contributed by atoms with E-state index in [-0.39, 0.29) is 17.4 Å². The summed E-state index contributed by atoms with van der Waals surface area (Å²) in [4.78, 5) is 35.2. The lowest BCUT2D eigenvalue weighted by Crippen LogP contribution is -2.50. The number of fused-ring (bicyclic) bond motifs is 1. The smallest absolute Gasteiger partial charge is 0.322 e. The first-order valence-corrected chi connectivity index (χ1v) is 13.6. The van der Waals surface area contributed by atoms with Gasteiger partial charge in [-0.15, -0.1) is 0 Å². The van der Waals surface area contributed by atoms with Crippen LogP contribution in [-0.2, 0) is 5.41 Å². The summed E-state index contributed by atoms with van der Waals surface area (Å²) < 4.78 is 11.1. The Morgan fingerprint density at radius 3 is 2.29 bits per heavy atom. The number of benzene rings is 2. The van der Waals surface area contributed by atoms with Crippen LogP contribution in [0.2, 0.25) is 5.02 Å². The van der Waals surface area contributed by atoms with Crippen molar-refractivity contribution in [1.29, 1.82) is 0 Å². The lowest BCUT2D eigenvalue weighted by atomic mass is 9.86. The number of nitrogens with zero attached hydrogens (tertiary/aromatic N) is 6. The number of hydrogen-bond acceptors (Lipinski definition) is 9. The molecule has 0 bridgehead atoms. The van der Waals surface area contributed by atoms with E-state index in [2.05, 4.69) is 45.9 Å². The Morgan fingerprint density at radius 2 is 1.66 bits per heavy atom. The number of ether oxygens (including phenoxy) is 2. The normalized spacial score (nSPS) is 13.8. The fourth-order valence-corrected chi connectivity index (χ4v) is 4.91. The molecule has 1 aliphatic heterocycles. The number of aromatic nitrogens is 4. The average Bonchev–Trinajstić information content (AvgIpc) is 2.96. The fraction of sp³-hybridized carbons (Fsp3) is 0.345. The maximum absolute atomic E-state index is 13.3. The molecular formula is C29H33ClN8O3. The van der Waals surface area contributed by atoms with Crippen LogP contribution in [0, 0.1) is 0 Å². The van der Waals surface area contributed by atoms with Gasteiger partial charge in [0.15, 0.2) is 17.0 Å². The van der Waals surface area contributed by atoms with Crippen LogP contribution in [0.15, 0.2) is 42.6 Å². The minimum atomic E-state index is -0.218. The number of nitrogens with two attached hydrogens (primary N) is 1. The largest absolute Gasteiger partial charge is 0.496 e. The summed E-state index contributed by atoms with van der Waals surface area (Å²) in [5, 5.41) is 3.67. The van der Waals surface area contributed by atoms with Gasteiger partial charge >= 0.3 is 6.03 Å². The standard InChI is InChI=1S/C29H33ClN8O3/c1-29(2,3)19-14-20(23(41-5)15-22(19)40-4)34-28(39)38-12-10-37(11-13-38)26-24-25(35-27(31)36-26)32-16-21(33-24)17-6-8-18(30)9-7-17/h6-9,14-16H,10-13H2,1-5H3,(H,34,39)(H2,31,32,35,36). The lowest BCUT2D eigenvalue weighted by molar-refractivity contribution is 0.208. The first-order valence-electron chi connectivity index (χ1n) is 13.2. The minimum Gasteiger partial charge on any atom is -0.496 e. The van der Waals surface area contributed by atoms with Crippen molar-refractivity contribution in [2.75, 3.05) is 56.3 Å². The Labute approximate surface area is 243 Å². The van der Waals surface area contributed by atoms with Crippen molar-refractivity contribution < 1.29 is 14.3 Å². The Morgan fingerprint density at radius 1 is 0.976 bits per heavy atom. The molecule has 214 valence electrons. The number of piperazine rings is 1. The summed E-state index contributed by atoms with van der Waals surface area (Å²) in [6.07, 6.45) is 1.66. The van der Waals surface area contributed by atoms with Gasteiger partial charge in [0.25, 0.3) is 0 Å². The van der Waals surface area contributed by atoms with Crippen LogP contribution >= 0.6 is 11.6 Å². The molecule has 0 unspecified atom stereocenters. The van der Waals surface area contributed by atoms with E-state index in [0.717, 1.165) is 11.1 Å². The molecule has 0 aliphatic carbocycles. The zero-order chi connectivity index (χ0) is 29.3. The predicted octanol–water partition coefficient (Wildman–Crippen LogP) is 4.99. The van der Waals surface area contributed by atoms with Crippen molar-refractivity contribution >= 4 is 46.2 Å². The molecule has 3 heterocycles. The van der Waals surface area contributed by atoms with Crippen molar-refractivity contribution in [3.63, 3.8) is 0 Å². The maximum Gasteiger partial charge on any atom is 0.322 e. The molecule has 2 amide bonds. The Balaban J connectivity index is 1.35. The number of anilines is 3. The average molecular weight is 577 g/mol. The van der Waals surface area contributed by atoms with E-state index in [1.807, 2.05) is 18.2 Å². The molecule has 1 aliphatic rings. The molecule has 3 N–H and O–H groups in total. The van der Waals surface area contributed by atoms with E-state index in [9.17, 15) is 4.79 Å². The molecule has 2 aromatic carbocycles. The minimum absolute atomic E-state index is 0.113. The number of carbonyl (C=O) groups excluding carboxylic acids is 1. The Hall–Kier alpha value is -4.38. The molecule has 2 aromatic heterocycles. The second kappa shape index (κ2) is 11.2. The summed E-state index contributed by atoms with van der Waals surface area (Å²) in [6.45, 7) is 8.26. The molecular weight excluding hydrogens is 544 g/mol. The monoisotopic (exact) mass is 576 g/mol. The van der Waals surface area contributed by atoms with Crippen LogP contribution in [0.4, 0.5) is 22.2 Å². The number of halogens is 1. The van der Waals surface area contributed by atoms with E-state index in [4.69, 9.17) is 31.8 Å². The van der Waals surface area contributed by atoms with Crippen LogP contribution in [0.3, 0.4) is 0 Å². The van der Waals surface area contributed by atoms with Crippen molar-refractivity contribution in [2.45, 2.75) is 26.2 Å². The first-order chi connectivity index (χ1) is 19.6. The number of urea groups is 1. The van der Waals surface area contributed by atoms with Crippen LogP contribution in [-0.4, -0.2) is 71.3 Å². The van der Waals surface area contributed by atoms with Crippen LogP contribution in [0.5, 0.6) is 11.5 Å². The molecule has 0 spiro atoms. The molecule has 11 nitrogen and oxygen atoms in total. The molecule has 5 rings (SSSR count). The molecule has 41 heavy (non-hydrogen) atoms. The van der Waals surface area contributed by atoms with Gasteiger partial charge in [-0.05, 0) is 23.6 Å². The number of nitrogen functional groups attached to an aromatic ring is 1. The zero-order valence-electron chi connectivity index (χ0n) is 23.7. The number of nitrogens with one attached hydrogen (secondary N) is 1. The molecule has 0 atom stereocenters. The molecule has 0 radical (unpaired) electrons. The van der Waals surface area contributed by atoms with Crippen LogP contribution in [0.1, 0.15) is 26.3 Å². The third kappa shape index (κ3) is 5.90. The van der Waals surface area contributed by atoms with Crippen molar-refractivity contribution in [2.24, 2.45) is 0 Å². The maximum atomic E-state index is 13.3. The van der Waals surface area contributed by atoms with Crippen molar-refractivity contribution in [1.82, 2.24) is 24.8 Å². The summed E-state index contributed by atoms with van der Waals surface area (Å²) in [7, 11) is 3.19. The van der Waals surface area contributed by atoms with Gasteiger partial charge in [0.05, 0.1) is 31.8 Å². The van der Waals surface area contributed by atoms with Gasteiger partial charge in [0.1, 0.15) is 11.5 Å². The lowest BCUT2D eigenvalue weighted by Gasteiger charge is -2.35. The van der Waals surface area contributed by atoms with Gasteiger partial charge in [-0.1, -0.05) is 44.5 Å². The second-order valence-electron chi connectivity index (χ2n) is 10.7. The zero-order valence-corrected chi connectivity index (χ0v) is 24.5. The molecule has 4 aromatic rings. The summed E-state index contributed by atoms with van der Waals surface area (Å²) >= 11 is 6.05. The van der Waals surface area contributed by atoms with Crippen molar-refractivity contribution in [3.8, 4) is 22.8 Å². The SMILES string of the molecule is COc1cc(OC)c(C(C)(C)C)cc1NC(=O)N1CCN(c2nc(N)nc3ncc(-c4ccc(Cl)cc4)nc23)CC1. The Kier molecular flexibility index (Phi) is 7.72. The van der Waals surface area contributed by atoms with Gasteiger partial charge in [0.2, 0.25) is 5.95 Å². The van der Waals surface area contributed by atoms with Crippen molar-refractivity contribution in [3.05, 3.63) is 53.2 Å².